The Morgan fingerprint density at radius 1 is 1.50 bits per heavy atom. The third-order valence-corrected chi connectivity index (χ3v) is 4.59. The Bertz CT molecular complexity index is 671. The van der Waals surface area contributed by atoms with Crippen LogP contribution in [0.4, 0.5) is 0 Å². The topological polar surface area (TPSA) is 62.7 Å². The summed E-state index contributed by atoms with van der Waals surface area (Å²) in [4.78, 5) is 18.2. The molecule has 0 fully saturated rings. The Morgan fingerprint density at radius 3 is 3.05 bits per heavy atom. The number of benzene rings is 1. The van der Waals surface area contributed by atoms with E-state index in [2.05, 4.69) is 4.98 Å². The van der Waals surface area contributed by atoms with E-state index in [1.165, 1.54) is 0 Å². The van der Waals surface area contributed by atoms with Gasteiger partial charge < -0.3 is 9.84 Å². The van der Waals surface area contributed by atoms with Gasteiger partial charge in [-0.25, -0.2) is 4.98 Å². The number of carbonyl (C=O) groups is 1. The summed E-state index contributed by atoms with van der Waals surface area (Å²) in [7, 11) is 0. The molecule has 5 nitrogen and oxygen atoms in total. The normalized spacial score (nSPS) is 18.3. The van der Waals surface area contributed by atoms with Crippen LogP contribution in [0, 0.1) is 6.92 Å². The van der Waals surface area contributed by atoms with E-state index in [0.29, 0.717) is 25.4 Å². The maximum absolute atomic E-state index is 11.8. The number of thiazole rings is 1. The highest BCUT2D eigenvalue weighted by molar-refractivity contribution is 7.09. The second-order valence-electron chi connectivity index (χ2n) is 5.27. The Balaban J connectivity index is 1.81. The van der Waals surface area contributed by atoms with E-state index in [9.17, 15) is 9.90 Å². The van der Waals surface area contributed by atoms with Crippen molar-refractivity contribution < 1.29 is 14.6 Å². The Hall–Kier alpha value is -1.92. The zero-order chi connectivity index (χ0) is 15.5. The van der Waals surface area contributed by atoms with Crippen molar-refractivity contribution in [2.75, 3.05) is 19.7 Å². The molecule has 2 aromatic rings. The predicted octanol–water partition coefficient (Wildman–Crippen LogP) is 2.51. The number of aryl methyl sites for hydroxylation is 1. The minimum absolute atomic E-state index is 0.497. The summed E-state index contributed by atoms with van der Waals surface area (Å²) in [5.41, 5.74) is 1.74. The summed E-state index contributed by atoms with van der Waals surface area (Å²) in [6.07, 6.45) is 0.746. The molecule has 0 saturated heterocycles. The Morgan fingerprint density at radius 2 is 2.32 bits per heavy atom. The number of carboxylic acid groups (broad SMARTS) is 1. The van der Waals surface area contributed by atoms with Crippen LogP contribution in [0.3, 0.4) is 0 Å². The fraction of sp³-hybridized carbons (Fsp3) is 0.375. The highest BCUT2D eigenvalue weighted by Crippen LogP contribution is 2.32. The van der Waals surface area contributed by atoms with Gasteiger partial charge in [0.2, 0.25) is 0 Å². The fourth-order valence-corrected chi connectivity index (χ4v) is 3.39. The summed E-state index contributed by atoms with van der Waals surface area (Å²) in [6, 6.07) is 6.72. The largest absolute Gasteiger partial charge is 0.492 e. The molecule has 1 aliphatic heterocycles. The first-order chi connectivity index (χ1) is 10.6. The van der Waals surface area contributed by atoms with Crippen LogP contribution in [0.15, 0.2) is 29.6 Å². The molecule has 1 N–H and O–H groups in total. The van der Waals surface area contributed by atoms with Gasteiger partial charge in [0.15, 0.2) is 0 Å². The molecule has 1 aliphatic rings. The number of aromatic nitrogens is 1. The van der Waals surface area contributed by atoms with Crippen molar-refractivity contribution in [2.24, 2.45) is 0 Å². The van der Waals surface area contributed by atoms with Crippen LogP contribution in [-0.4, -0.2) is 40.7 Å². The molecule has 0 bridgehead atoms. The Labute approximate surface area is 133 Å². The number of rotatable bonds is 4. The van der Waals surface area contributed by atoms with Crippen LogP contribution in [0.1, 0.15) is 22.3 Å². The molecule has 116 valence electrons. The van der Waals surface area contributed by atoms with Gasteiger partial charge in [0.05, 0.1) is 10.7 Å². The van der Waals surface area contributed by atoms with Crippen LogP contribution < -0.4 is 4.74 Å². The zero-order valence-corrected chi connectivity index (χ0v) is 13.2. The molecular formula is C16H18N2O3S. The van der Waals surface area contributed by atoms with Crippen molar-refractivity contribution in [3.63, 3.8) is 0 Å². The third-order valence-electron chi connectivity index (χ3n) is 3.77. The first-order valence-corrected chi connectivity index (χ1v) is 8.12. The van der Waals surface area contributed by atoms with E-state index in [-0.39, 0.29) is 0 Å². The number of ether oxygens (including phenoxy) is 1. The van der Waals surface area contributed by atoms with E-state index in [1.54, 1.807) is 11.3 Å². The average Bonchev–Trinajstić information content (AvgIpc) is 2.81. The summed E-state index contributed by atoms with van der Waals surface area (Å²) in [5, 5.41) is 12.7. The molecule has 1 aromatic heterocycles. The SMILES string of the molecule is Cc1nc(CCN2CCOc3ccccc3C2C(=O)O)cs1. The molecule has 1 atom stereocenters. The maximum atomic E-state index is 11.8. The van der Waals surface area contributed by atoms with Crippen molar-refractivity contribution >= 4 is 17.3 Å². The van der Waals surface area contributed by atoms with Gasteiger partial charge in [0.1, 0.15) is 18.4 Å². The second-order valence-corrected chi connectivity index (χ2v) is 6.33. The van der Waals surface area contributed by atoms with Gasteiger partial charge in [-0.2, -0.15) is 0 Å². The number of hydrogen-bond acceptors (Lipinski definition) is 5. The van der Waals surface area contributed by atoms with Crippen molar-refractivity contribution in [2.45, 2.75) is 19.4 Å². The first kappa shape index (κ1) is 15.0. The standard InChI is InChI=1S/C16H18N2O3S/c1-11-17-12(10-22-11)6-7-18-8-9-21-14-5-3-2-4-13(14)15(18)16(19)20/h2-5,10,15H,6-9H2,1H3,(H,19,20). The zero-order valence-electron chi connectivity index (χ0n) is 12.4. The molecular weight excluding hydrogens is 300 g/mol. The van der Waals surface area contributed by atoms with Gasteiger partial charge in [-0.05, 0) is 13.0 Å². The van der Waals surface area contributed by atoms with Crippen LogP contribution in [-0.2, 0) is 11.2 Å². The lowest BCUT2D eigenvalue weighted by Gasteiger charge is -2.26. The molecule has 0 radical (unpaired) electrons. The van der Waals surface area contributed by atoms with Gasteiger partial charge in [-0.15, -0.1) is 11.3 Å². The molecule has 3 rings (SSSR count). The van der Waals surface area contributed by atoms with Crippen LogP contribution in [0.25, 0.3) is 0 Å². The van der Waals surface area contributed by atoms with Gasteiger partial charge in [-0.3, -0.25) is 9.69 Å². The number of para-hydroxylation sites is 1. The molecule has 0 aliphatic carbocycles. The number of aliphatic carboxylic acids is 1. The maximum Gasteiger partial charge on any atom is 0.325 e. The van der Waals surface area contributed by atoms with Gasteiger partial charge >= 0.3 is 5.97 Å². The molecule has 22 heavy (non-hydrogen) atoms. The summed E-state index contributed by atoms with van der Waals surface area (Å²) in [6.45, 7) is 3.72. The van der Waals surface area contributed by atoms with Crippen LogP contribution in [0.2, 0.25) is 0 Å². The summed E-state index contributed by atoms with van der Waals surface area (Å²) >= 11 is 1.62. The molecule has 1 unspecified atom stereocenters. The van der Waals surface area contributed by atoms with E-state index in [1.807, 2.05) is 41.5 Å². The van der Waals surface area contributed by atoms with Crippen molar-refractivity contribution in [3.8, 4) is 5.75 Å². The number of nitrogens with zero attached hydrogens (tertiary/aromatic N) is 2. The third kappa shape index (κ3) is 3.13. The van der Waals surface area contributed by atoms with Crippen LogP contribution in [0.5, 0.6) is 5.75 Å². The Kier molecular flexibility index (Phi) is 4.40. The highest BCUT2D eigenvalue weighted by atomic mass is 32.1. The van der Waals surface area contributed by atoms with E-state index in [0.717, 1.165) is 22.7 Å². The molecule has 2 heterocycles. The predicted molar refractivity (Wildman–Crippen MR) is 84.4 cm³/mol. The summed E-state index contributed by atoms with van der Waals surface area (Å²) < 4.78 is 5.70. The minimum Gasteiger partial charge on any atom is -0.492 e. The van der Waals surface area contributed by atoms with Crippen molar-refractivity contribution in [3.05, 3.63) is 45.9 Å². The molecule has 0 spiro atoms. The highest BCUT2D eigenvalue weighted by Gasteiger charge is 2.31. The fourth-order valence-electron chi connectivity index (χ4n) is 2.75. The van der Waals surface area contributed by atoms with Crippen molar-refractivity contribution in [1.82, 2.24) is 9.88 Å². The lowest BCUT2D eigenvalue weighted by atomic mass is 10.0. The molecule has 0 saturated carbocycles. The molecule has 6 heteroatoms. The molecule has 1 aromatic carbocycles. The second kappa shape index (κ2) is 6.46. The summed E-state index contributed by atoms with van der Waals surface area (Å²) in [5.74, 6) is -0.172. The van der Waals surface area contributed by atoms with Gasteiger partial charge in [0.25, 0.3) is 0 Å². The molecule has 0 amide bonds. The lowest BCUT2D eigenvalue weighted by Crippen LogP contribution is -2.36. The smallest absolute Gasteiger partial charge is 0.325 e. The monoisotopic (exact) mass is 318 g/mol. The van der Waals surface area contributed by atoms with E-state index in [4.69, 9.17) is 4.74 Å². The first-order valence-electron chi connectivity index (χ1n) is 7.25. The van der Waals surface area contributed by atoms with Crippen molar-refractivity contribution in [1.29, 1.82) is 0 Å². The number of carboxylic acids is 1. The quantitative estimate of drug-likeness (QED) is 0.938. The average molecular weight is 318 g/mol. The van der Waals surface area contributed by atoms with Gasteiger partial charge in [0, 0.05) is 30.5 Å². The van der Waals surface area contributed by atoms with E-state index < -0.39 is 12.0 Å². The number of fused-ring (bicyclic) bond motifs is 1. The van der Waals surface area contributed by atoms with E-state index >= 15 is 0 Å². The number of hydrogen-bond donors (Lipinski definition) is 1. The minimum atomic E-state index is -0.840. The lowest BCUT2D eigenvalue weighted by molar-refractivity contribution is -0.143. The van der Waals surface area contributed by atoms with Crippen LogP contribution >= 0.6 is 11.3 Å². The van der Waals surface area contributed by atoms with Gasteiger partial charge in [-0.1, -0.05) is 18.2 Å².